The van der Waals surface area contributed by atoms with Crippen LogP contribution in [0.25, 0.3) is 21.8 Å². The highest BCUT2D eigenvalue weighted by Gasteiger charge is 2.11. The second kappa shape index (κ2) is 8.00. The van der Waals surface area contributed by atoms with Crippen molar-refractivity contribution in [2.45, 2.75) is 0 Å². The van der Waals surface area contributed by atoms with Crippen LogP contribution < -0.4 is 10.1 Å². The predicted molar refractivity (Wildman–Crippen MR) is 116 cm³/mol. The lowest BCUT2D eigenvalue weighted by Crippen LogP contribution is -2.21. The van der Waals surface area contributed by atoms with Gasteiger partial charge >= 0.3 is 0 Å². The topological polar surface area (TPSA) is 50.3 Å². The second-order valence-corrected chi connectivity index (χ2v) is 7.26. The average molecular weight is 393 g/mol. The van der Waals surface area contributed by atoms with Crippen LogP contribution in [0.2, 0.25) is 5.02 Å². The highest BCUT2D eigenvalue weighted by atomic mass is 35.5. The van der Waals surface area contributed by atoms with Crippen molar-refractivity contribution in [2.24, 2.45) is 0 Å². The van der Waals surface area contributed by atoms with E-state index in [1.54, 1.807) is 6.20 Å². The molecule has 0 saturated heterocycles. The Morgan fingerprint density at radius 3 is 2.54 bits per heavy atom. The minimum absolute atomic E-state index is 0.683. The number of fused-ring (bicyclic) bond motifs is 3. The van der Waals surface area contributed by atoms with Gasteiger partial charge in [0.1, 0.15) is 17.3 Å². The van der Waals surface area contributed by atoms with Crippen LogP contribution in [0.4, 0.5) is 5.82 Å². The molecule has 2 aromatic carbocycles. The monoisotopic (exact) mass is 392 g/mol. The van der Waals surface area contributed by atoms with E-state index in [0.717, 1.165) is 46.6 Å². The quantitative estimate of drug-likeness (QED) is 0.457. The number of hydrogen-bond acceptors (Lipinski definition) is 5. The first-order chi connectivity index (χ1) is 13.6. The molecule has 1 N–H and O–H groups in total. The summed E-state index contributed by atoms with van der Waals surface area (Å²) in [4.78, 5) is 11.3. The molecule has 0 aliphatic rings. The molecule has 2 heterocycles. The van der Waals surface area contributed by atoms with Crippen LogP contribution in [0.5, 0.6) is 11.5 Å². The zero-order valence-electron chi connectivity index (χ0n) is 15.8. The molecule has 0 atom stereocenters. The summed E-state index contributed by atoms with van der Waals surface area (Å²) in [5.74, 6) is 2.33. The van der Waals surface area contributed by atoms with Crippen LogP contribution in [-0.4, -0.2) is 42.1 Å². The fourth-order valence-corrected chi connectivity index (χ4v) is 3.18. The molecule has 0 fully saturated rings. The third-order valence-corrected chi connectivity index (χ3v) is 4.69. The lowest BCUT2D eigenvalue weighted by Gasteiger charge is -2.14. The number of hydrogen-bond donors (Lipinski definition) is 1. The smallest absolute Gasteiger partial charge is 0.162 e. The standard InChI is InChI=1S/C22H21ClN4O/c1-27(2)13-12-25-22-19-10-9-17(28-16-7-5-15(23)6-8-16)14-20(19)18-4-3-11-24-21(18)26-22/h3-11,14H,12-13H2,1-2H3,(H,24,25,26). The number of rotatable bonds is 6. The Kier molecular flexibility index (Phi) is 5.28. The van der Waals surface area contributed by atoms with E-state index in [4.69, 9.17) is 21.3 Å². The fourth-order valence-electron chi connectivity index (χ4n) is 3.05. The Morgan fingerprint density at radius 2 is 1.75 bits per heavy atom. The average Bonchev–Trinajstić information content (AvgIpc) is 2.69. The number of nitrogens with zero attached hydrogens (tertiary/aromatic N) is 3. The number of aromatic nitrogens is 2. The number of pyridine rings is 2. The zero-order chi connectivity index (χ0) is 19.5. The minimum Gasteiger partial charge on any atom is -0.457 e. The van der Waals surface area contributed by atoms with Gasteiger partial charge in [0.05, 0.1) is 0 Å². The molecule has 4 rings (SSSR count). The number of benzene rings is 2. The maximum absolute atomic E-state index is 6.02. The summed E-state index contributed by atoms with van der Waals surface area (Å²) in [5.41, 5.74) is 0.714. The summed E-state index contributed by atoms with van der Waals surface area (Å²) in [7, 11) is 4.10. The van der Waals surface area contributed by atoms with Gasteiger partial charge in [-0.25, -0.2) is 9.97 Å². The molecule has 0 aliphatic heterocycles. The van der Waals surface area contributed by atoms with Crippen LogP contribution in [0.3, 0.4) is 0 Å². The third-order valence-electron chi connectivity index (χ3n) is 4.44. The molecule has 6 heteroatoms. The normalized spacial score (nSPS) is 11.3. The van der Waals surface area contributed by atoms with Gasteiger partial charge in [-0.15, -0.1) is 0 Å². The molecule has 0 unspecified atom stereocenters. The van der Waals surface area contributed by atoms with E-state index in [0.29, 0.717) is 10.7 Å². The molecule has 0 bridgehead atoms. The van der Waals surface area contributed by atoms with E-state index >= 15 is 0 Å². The molecule has 0 radical (unpaired) electrons. The van der Waals surface area contributed by atoms with Crippen molar-refractivity contribution in [1.29, 1.82) is 0 Å². The van der Waals surface area contributed by atoms with Gasteiger partial charge in [0.15, 0.2) is 5.65 Å². The van der Waals surface area contributed by atoms with Gasteiger partial charge in [0.2, 0.25) is 0 Å². The van der Waals surface area contributed by atoms with Crippen molar-refractivity contribution in [3.05, 3.63) is 65.8 Å². The zero-order valence-corrected chi connectivity index (χ0v) is 16.6. The molecular formula is C22H21ClN4O. The molecule has 5 nitrogen and oxygen atoms in total. The molecular weight excluding hydrogens is 372 g/mol. The predicted octanol–water partition coefficient (Wildman–Crippen LogP) is 5.20. The fraction of sp³-hybridized carbons (Fsp3) is 0.182. The summed E-state index contributed by atoms with van der Waals surface area (Å²) < 4.78 is 6.02. The second-order valence-electron chi connectivity index (χ2n) is 6.83. The Bertz CT molecular complexity index is 1110. The van der Waals surface area contributed by atoms with Crippen molar-refractivity contribution < 1.29 is 4.74 Å². The molecule has 2 aromatic heterocycles. The molecule has 0 aliphatic carbocycles. The first-order valence-electron chi connectivity index (χ1n) is 9.11. The van der Waals surface area contributed by atoms with Gasteiger partial charge in [-0.05, 0) is 68.7 Å². The van der Waals surface area contributed by atoms with Gasteiger partial charge in [-0.2, -0.15) is 0 Å². The van der Waals surface area contributed by atoms with Gasteiger partial charge in [0.25, 0.3) is 0 Å². The van der Waals surface area contributed by atoms with Crippen molar-refractivity contribution in [3.63, 3.8) is 0 Å². The van der Waals surface area contributed by atoms with E-state index in [9.17, 15) is 0 Å². The Balaban J connectivity index is 1.75. The SMILES string of the molecule is CN(C)CCNc1nc2ncccc2c2cc(Oc3ccc(Cl)cc3)ccc12. The van der Waals surface area contributed by atoms with Crippen LogP contribution in [0.15, 0.2) is 60.8 Å². The number of ether oxygens (including phenoxy) is 1. The summed E-state index contributed by atoms with van der Waals surface area (Å²) in [5, 5.41) is 7.22. The van der Waals surface area contributed by atoms with Gasteiger partial charge < -0.3 is 15.0 Å². The van der Waals surface area contributed by atoms with Crippen molar-refractivity contribution in [2.75, 3.05) is 32.5 Å². The number of halogens is 1. The molecule has 0 amide bonds. The van der Waals surface area contributed by atoms with Crippen LogP contribution in [0.1, 0.15) is 0 Å². The van der Waals surface area contributed by atoms with Gasteiger partial charge in [0, 0.05) is 40.5 Å². The van der Waals surface area contributed by atoms with E-state index in [1.165, 1.54) is 0 Å². The lowest BCUT2D eigenvalue weighted by atomic mass is 10.1. The Labute approximate surface area is 168 Å². The van der Waals surface area contributed by atoms with E-state index < -0.39 is 0 Å². The number of nitrogens with one attached hydrogen (secondary N) is 1. The minimum atomic E-state index is 0.683. The summed E-state index contributed by atoms with van der Waals surface area (Å²) in [6.45, 7) is 1.72. The van der Waals surface area contributed by atoms with Crippen LogP contribution in [-0.2, 0) is 0 Å². The lowest BCUT2D eigenvalue weighted by molar-refractivity contribution is 0.425. The van der Waals surface area contributed by atoms with Gasteiger partial charge in [-0.3, -0.25) is 0 Å². The highest BCUT2D eigenvalue weighted by molar-refractivity contribution is 6.30. The van der Waals surface area contributed by atoms with E-state index in [-0.39, 0.29) is 0 Å². The molecule has 4 aromatic rings. The molecule has 28 heavy (non-hydrogen) atoms. The maximum Gasteiger partial charge on any atom is 0.162 e. The van der Waals surface area contributed by atoms with Crippen molar-refractivity contribution >= 4 is 39.2 Å². The van der Waals surface area contributed by atoms with E-state index in [1.807, 2.05) is 54.6 Å². The first-order valence-corrected chi connectivity index (χ1v) is 9.48. The van der Waals surface area contributed by atoms with Crippen LogP contribution in [0, 0.1) is 0 Å². The summed E-state index contributed by atoms with van der Waals surface area (Å²) in [6, 6.07) is 17.3. The van der Waals surface area contributed by atoms with Crippen molar-refractivity contribution in [1.82, 2.24) is 14.9 Å². The largest absolute Gasteiger partial charge is 0.457 e. The number of likely N-dealkylation sites (N-methyl/N-ethyl adjacent to an activating group) is 1. The first kappa shape index (κ1) is 18.5. The Hall–Kier alpha value is -2.89. The van der Waals surface area contributed by atoms with Gasteiger partial charge in [-0.1, -0.05) is 11.6 Å². The highest BCUT2D eigenvalue weighted by Crippen LogP contribution is 2.33. The molecule has 0 spiro atoms. The summed E-state index contributed by atoms with van der Waals surface area (Å²) in [6.07, 6.45) is 1.76. The van der Waals surface area contributed by atoms with Crippen molar-refractivity contribution in [3.8, 4) is 11.5 Å². The molecule has 142 valence electrons. The number of anilines is 1. The Morgan fingerprint density at radius 1 is 0.964 bits per heavy atom. The maximum atomic E-state index is 6.02. The van der Waals surface area contributed by atoms with E-state index in [2.05, 4.69) is 29.3 Å². The molecule has 0 saturated carbocycles. The van der Waals surface area contributed by atoms with Crippen LogP contribution >= 0.6 is 11.6 Å². The summed E-state index contributed by atoms with van der Waals surface area (Å²) >= 11 is 5.96. The third kappa shape index (κ3) is 4.01.